The Morgan fingerprint density at radius 3 is 2.26 bits per heavy atom. The summed E-state index contributed by atoms with van der Waals surface area (Å²) in [7, 11) is -1.73. The number of rotatable bonds is 4. The highest BCUT2D eigenvalue weighted by molar-refractivity contribution is 7.92. The SMILES string of the molecule is Cc1ccc(S(=O)(=O)Nc2ccc(C(=O)N3CCN(C)CC3)cc2Cl)cc1. The highest BCUT2D eigenvalue weighted by Gasteiger charge is 2.22. The van der Waals surface area contributed by atoms with E-state index in [0.29, 0.717) is 18.7 Å². The summed E-state index contributed by atoms with van der Waals surface area (Å²) in [6.07, 6.45) is 0. The Hall–Kier alpha value is -2.09. The first kappa shape index (κ1) is 19.7. The lowest BCUT2D eigenvalue weighted by Gasteiger charge is -2.32. The van der Waals surface area contributed by atoms with Crippen LogP contribution in [0.15, 0.2) is 47.4 Å². The van der Waals surface area contributed by atoms with Gasteiger partial charge in [0, 0.05) is 31.7 Å². The maximum atomic E-state index is 12.6. The molecule has 144 valence electrons. The first-order valence-corrected chi connectivity index (χ1v) is 10.5. The zero-order valence-electron chi connectivity index (χ0n) is 15.3. The van der Waals surface area contributed by atoms with Crippen molar-refractivity contribution in [2.45, 2.75) is 11.8 Å². The summed E-state index contributed by atoms with van der Waals surface area (Å²) < 4.78 is 27.5. The number of aryl methyl sites for hydroxylation is 1. The molecule has 1 aliphatic rings. The Morgan fingerprint density at radius 1 is 1.04 bits per heavy atom. The molecule has 6 nitrogen and oxygen atoms in total. The van der Waals surface area contributed by atoms with Crippen LogP contribution in [0.25, 0.3) is 0 Å². The highest BCUT2D eigenvalue weighted by Crippen LogP contribution is 2.26. The van der Waals surface area contributed by atoms with Crippen LogP contribution in [0.4, 0.5) is 5.69 Å². The number of sulfonamides is 1. The molecule has 1 saturated heterocycles. The molecule has 0 bridgehead atoms. The monoisotopic (exact) mass is 407 g/mol. The second-order valence-electron chi connectivity index (χ2n) is 6.71. The fourth-order valence-corrected chi connectivity index (χ4v) is 4.21. The molecule has 3 rings (SSSR count). The van der Waals surface area contributed by atoms with Gasteiger partial charge in [0.25, 0.3) is 15.9 Å². The van der Waals surface area contributed by atoms with Crippen LogP contribution in [0.3, 0.4) is 0 Å². The number of likely N-dealkylation sites (N-methyl/N-ethyl adjacent to an activating group) is 1. The molecule has 8 heteroatoms. The molecule has 0 saturated carbocycles. The van der Waals surface area contributed by atoms with E-state index in [1.165, 1.54) is 24.3 Å². The predicted octanol–water partition coefficient (Wildman–Crippen LogP) is 2.84. The van der Waals surface area contributed by atoms with E-state index in [1.807, 2.05) is 14.0 Å². The van der Waals surface area contributed by atoms with Gasteiger partial charge in [-0.15, -0.1) is 0 Å². The van der Waals surface area contributed by atoms with Crippen LogP contribution in [-0.4, -0.2) is 57.4 Å². The molecule has 27 heavy (non-hydrogen) atoms. The summed E-state index contributed by atoms with van der Waals surface area (Å²) in [5, 5.41) is 0.186. The molecule has 2 aromatic carbocycles. The fraction of sp³-hybridized carbons (Fsp3) is 0.316. The summed E-state index contributed by atoms with van der Waals surface area (Å²) in [5.41, 5.74) is 1.66. The van der Waals surface area contributed by atoms with Gasteiger partial charge in [0.15, 0.2) is 0 Å². The first-order chi connectivity index (χ1) is 12.8. The number of halogens is 1. The number of carbonyl (C=O) groups excluding carboxylic acids is 1. The van der Waals surface area contributed by atoms with Crippen molar-refractivity contribution >= 4 is 33.2 Å². The summed E-state index contributed by atoms with van der Waals surface area (Å²) in [6, 6.07) is 11.2. The maximum absolute atomic E-state index is 12.6. The van der Waals surface area contributed by atoms with Crippen LogP contribution < -0.4 is 4.72 Å². The van der Waals surface area contributed by atoms with Crippen LogP contribution in [0.2, 0.25) is 5.02 Å². The molecular formula is C19H22ClN3O3S. The largest absolute Gasteiger partial charge is 0.336 e. The molecule has 0 spiro atoms. The molecule has 0 aromatic heterocycles. The number of piperazine rings is 1. The number of hydrogen-bond donors (Lipinski definition) is 1. The van der Waals surface area contributed by atoms with Crippen molar-refractivity contribution in [3.05, 3.63) is 58.6 Å². The normalized spacial score (nSPS) is 15.6. The van der Waals surface area contributed by atoms with Crippen molar-refractivity contribution in [2.24, 2.45) is 0 Å². The number of nitrogens with one attached hydrogen (secondary N) is 1. The minimum absolute atomic E-state index is 0.0991. The lowest BCUT2D eigenvalue weighted by atomic mass is 10.1. The smallest absolute Gasteiger partial charge is 0.261 e. The molecule has 2 aromatic rings. The van der Waals surface area contributed by atoms with E-state index in [1.54, 1.807) is 23.1 Å². The average Bonchev–Trinajstić information content (AvgIpc) is 2.64. The van der Waals surface area contributed by atoms with Gasteiger partial charge in [-0.2, -0.15) is 0 Å². The Labute approximate surface area is 164 Å². The third kappa shape index (κ3) is 4.61. The zero-order chi connectivity index (χ0) is 19.6. The molecular weight excluding hydrogens is 386 g/mol. The van der Waals surface area contributed by atoms with Gasteiger partial charge in [-0.25, -0.2) is 8.42 Å². The minimum atomic E-state index is -3.75. The van der Waals surface area contributed by atoms with E-state index < -0.39 is 10.0 Å². The Balaban J connectivity index is 1.76. The average molecular weight is 408 g/mol. The molecule has 1 heterocycles. The molecule has 1 aliphatic heterocycles. The first-order valence-electron chi connectivity index (χ1n) is 8.63. The van der Waals surface area contributed by atoms with Crippen LogP contribution in [0.1, 0.15) is 15.9 Å². The van der Waals surface area contributed by atoms with E-state index >= 15 is 0 Å². The number of hydrogen-bond acceptors (Lipinski definition) is 4. The summed E-state index contributed by atoms with van der Waals surface area (Å²) in [6.45, 7) is 4.86. The van der Waals surface area contributed by atoms with Crippen molar-refractivity contribution in [1.29, 1.82) is 0 Å². The number of benzene rings is 2. The van der Waals surface area contributed by atoms with Crippen molar-refractivity contribution in [1.82, 2.24) is 9.80 Å². The zero-order valence-corrected chi connectivity index (χ0v) is 16.8. The van der Waals surface area contributed by atoms with Gasteiger partial charge in [-0.1, -0.05) is 29.3 Å². The number of carbonyl (C=O) groups is 1. The van der Waals surface area contributed by atoms with Gasteiger partial charge in [-0.3, -0.25) is 9.52 Å². The molecule has 0 atom stereocenters. The van der Waals surface area contributed by atoms with E-state index in [2.05, 4.69) is 9.62 Å². The van der Waals surface area contributed by atoms with Crippen molar-refractivity contribution in [3.8, 4) is 0 Å². The minimum Gasteiger partial charge on any atom is -0.336 e. The quantitative estimate of drug-likeness (QED) is 0.846. The molecule has 1 N–H and O–H groups in total. The van der Waals surface area contributed by atoms with Gasteiger partial charge < -0.3 is 9.80 Å². The van der Waals surface area contributed by atoms with Crippen LogP contribution in [0, 0.1) is 6.92 Å². The van der Waals surface area contributed by atoms with Crippen molar-refractivity contribution in [3.63, 3.8) is 0 Å². The third-order valence-electron chi connectivity index (χ3n) is 4.58. The van der Waals surface area contributed by atoms with Gasteiger partial charge in [-0.05, 0) is 44.3 Å². The molecule has 0 unspecified atom stereocenters. The Bertz CT molecular complexity index is 937. The number of anilines is 1. The molecule has 0 radical (unpaired) electrons. The predicted molar refractivity (Wildman–Crippen MR) is 107 cm³/mol. The van der Waals surface area contributed by atoms with Gasteiger partial charge in [0.2, 0.25) is 0 Å². The lowest BCUT2D eigenvalue weighted by Crippen LogP contribution is -2.47. The maximum Gasteiger partial charge on any atom is 0.261 e. The molecule has 1 amide bonds. The number of nitrogens with zero attached hydrogens (tertiary/aromatic N) is 2. The standard InChI is InChI=1S/C19H22ClN3O3S/c1-14-3-6-16(7-4-14)27(25,26)21-18-8-5-15(13-17(18)20)19(24)23-11-9-22(2)10-12-23/h3-8,13,21H,9-12H2,1-2H3. The summed E-state index contributed by atoms with van der Waals surface area (Å²) >= 11 is 6.25. The van der Waals surface area contributed by atoms with Crippen molar-refractivity contribution < 1.29 is 13.2 Å². The van der Waals surface area contributed by atoms with E-state index in [0.717, 1.165) is 18.7 Å². The van der Waals surface area contributed by atoms with Crippen LogP contribution in [-0.2, 0) is 10.0 Å². The van der Waals surface area contributed by atoms with Gasteiger partial charge >= 0.3 is 0 Å². The fourth-order valence-electron chi connectivity index (χ4n) is 2.84. The Kier molecular flexibility index (Phi) is 5.74. The van der Waals surface area contributed by atoms with Gasteiger partial charge in [0.05, 0.1) is 15.6 Å². The highest BCUT2D eigenvalue weighted by atomic mass is 35.5. The summed E-state index contributed by atoms with van der Waals surface area (Å²) in [4.78, 5) is 16.7. The van der Waals surface area contributed by atoms with Crippen LogP contribution in [0.5, 0.6) is 0 Å². The molecule has 1 fully saturated rings. The van der Waals surface area contributed by atoms with Gasteiger partial charge in [0.1, 0.15) is 0 Å². The van der Waals surface area contributed by atoms with E-state index in [9.17, 15) is 13.2 Å². The van der Waals surface area contributed by atoms with E-state index in [-0.39, 0.29) is 21.5 Å². The topological polar surface area (TPSA) is 69.7 Å². The number of amides is 1. The van der Waals surface area contributed by atoms with E-state index in [4.69, 9.17) is 11.6 Å². The van der Waals surface area contributed by atoms with Crippen LogP contribution >= 0.6 is 11.6 Å². The Morgan fingerprint density at radius 2 is 1.67 bits per heavy atom. The third-order valence-corrected chi connectivity index (χ3v) is 6.28. The summed E-state index contributed by atoms with van der Waals surface area (Å²) in [5.74, 6) is -0.0991. The molecule has 0 aliphatic carbocycles. The second-order valence-corrected chi connectivity index (χ2v) is 8.80. The second kappa shape index (κ2) is 7.88. The lowest BCUT2D eigenvalue weighted by molar-refractivity contribution is 0.0664. The van der Waals surface area contributed by atoms with Crippen molar-refractivity contribution in [2.75, 3.05) is 37.9 Å².